The molecule has 0 bridgehead atoms. The van der Waals surface area contributed by atoms with Gasteiger partial charge in [0, 0.05) is 5.54 Å². The van der Waals surface area contributed by atoms with Gasteiger partial charge in [0.15, 0.2) is 0 Å². The van der Waals surface area contributed by atoms with Crippen LogP contribution in [0.1, 0.15) is 33.6 Å². The van der Waals surface area contributed by atoms with Crippen molar-refractivity contribution in [2.45, 2.75) is 45.3 Å². The van der Waals surface area contributed by atoms with Gasteiger partial charge in [-0.05, 0) is 33.6 Å². The highest BCUT2D eigenvalue weighted by molar-refractivity contribution is 5.68. The number of hydrogen-bond donors (Lipinski definition) is 1. The Labute approximate surface area is 67.1 Å². The first kappa shape index (κ1) is 8.37. The molecule has 1 amide bonds. The van der Waals surface area contributed by atoms with Crippen molar-refractivity contribution in [1.82, 2.24) is 5.32 Å². The van der Waals surface area contributed by atoms with E-state index in [1.165, 1.54) is 0 Å². The number of hydrogen-bond acceptors (Lipinski definition) is 2. The maximum absolute atomic E-state index is 11.0. The summed E-state index contributed by atoms with van der Waals surface area (Å²) < 4.78 is 4.92. The van der Waals surface area contributed by atoms with Crippen molar-refractivity contribution in [3.8, 4) is 0 Å². The molecular weight excluding hydrogens is 142 g/mol. The minimum Gasteiger partial charge on any atom is -0.447 e. The molecule has 1 aliphatic carbocycles. The van der Waals surface area contributed by atoms with Gasteiger partial charge in [-0.3, -0.25) is 0 Å². The fourth-order valence-corrected chi connectivity index (χ4v) is 0.802. The van der Waals surface area contributed by atoms with E-state index in [9.17, 15) is 4.79 Å². The van der Waals surface area contributed by atoms with Gasteiger partial charge >= 0.3 is 6.09 Å². The summed E-state index contributed by atoms with van der Waals surface area (Å²) in [6, 6.07) is 0. The van der Waals surface area contributed by atoms with Gasteiger partial charge in [0.2, 0.25) is 0 Å². The van der Waals surface area contributed by atoms with Crippen LogP contribution in [0.15, 0.2) is 0 Å². The molecule has 1 rings (SSSR count). The van der Waals surface area contributed by atoms with Gasteiger partial charge in [-0.25, -0.2) is 4.79 Å². The molecule has 0 aromatic rings. The lowest BCUT2D eigenvalue weighted by atomic mass is 10.3. The Bertz CT molecular complexity index is 161. The molecule has 0 spiro atoms. The Balaban J connectivity index is 2.21. The molecule has 1 N–H and O–H groups in total. The molecule has 1 fully saturated rings. The molecule has 3 nitrogen and oxygen atoms in total. The Morgan fingerprint density at radius 3 is 2.45 bits per heavy atom. The molecule has 0 saturated heterocycles. The highest BCUT2D eigenvalue weighted by Gasteiger charge is 2.39. The number of amides is 1. The zero-order valence-corrected chi connectivity index (χ0v) is 7.31. The van der Waals surface area contributed by atoms with Crippen LogP contribution in [0.25, 0.3) is 0 Å². The zero-order valence-electron chi connectivity index (χ0n) is 7.31. The van der Waals surface area contributed by atoms with E-state index in [-0.39, 0.29) is 17.7 Å². The van der Waals surface area contributed by atoms with Gasteiger partial charge in [0.1, 0.15) is 0 Å². The monoisotopic (exact) mass is 157 g/mol. The molecule has 0 aromatic carbocycles. The highest BCUT2D eigenvalue weighted by Crippen LogP contribution is 2.34. The van der Waals surface area contributed by atoms with E-state index < -0.39 is 0 Å². The summed E-state index contributed by atoms with van der Waals surface area (Å²) in [5.74, 6) is 0. The van der Waals surface area contributed by atoms with Crippen molar-refractivity contribution in [3.63, 3.8) is 0 Å². The fraction of sp³-hybridized carbons (Fsp3) is 0.875. The Hall–Kier alpha value is -0.730. The van der Waals surface area contributed by atoms with E-state index in [2.05, 4.69) is 5.32 Å². The van der Waals surface area contributed by atoms with Crippen molar-refractivity contribution in [2.24, 2.45) is 0 Å². The molecular formula is C8H15NO2. The molecule has 0 atom stereocenters. The Kier molecular flexibility index (Phi) is 2.07. The molecule has 3 heteroatoms. The average molecular weight is 157 g/mol. The number of carbonyl (C=O) groups is 1. The Morgan fingerprint density at radius 2 is 2.09 bits per heavy atom. The lowest BCUT2D eigenvalue weighted by molar-refractivity contribution is 0.112. The number of carbonyl (C=O) groups excluding carboxylic acids is 1. The van der Waals surface area contributed by atoms with Crippen LogP contribution in [0.5, 0.6) is 0 Å². The van der Waals surface area contributed by atoms with Gasteiger partial charge in [0.25, 0.3) is 0 Å². The number of alkyl carbamates (subject to hydrolysis) is 1. The molecule has 0 unspecified atom stereocenters. The van der Waals surface area contributed by atoms with E-state index in [0.717, 1.165) is 12.8 Å². The van der Waals surface area contributed by atoms with Gasteiger partial charge in [-0.1, -0.05) is 0 Å². The van der Waals surface area contributed by atoms with Crippen LogP contribution in [-0.4, -0.2) is 17.7 Å². The van der Waals surface area contributed by atoms with Crippen molar-refractivity contribution in [3.05, 3.63) is 0 Å². The van der Waals surface area contributed by atoms with Gasteiger partial charge in [0.05, 0.1) is 6.10 Å². The smallest absolute Gasteiger partial charge is 0.407 e. The number of rotatable bonds is 2. The first-order chi connectivity index (χ1) is 5.02. The van der Waals surface area contributed by atoms with Crippen molar-refractivity contribution in [1.29, 1.82) is 0 Å². The molecule has 0 aliphatic heterocycles. The highest BCUT2D eigenvalue weighted by atomic mass is 16.6. The molecule has 0 aromatic heterocycles. The average Bonchev–Trinajstić information content (AvgIpc) is 2.44. The molecule has 1 aliphatic rings. The second-order valence-corrected chi connectivity index (χ2v) is 3.64. The molecule has 1 saturated carbocycles. The van der Waals surface area contributed by atoms with Gasteiger partial charge in [-0.15, -0.1) is 0 Å². The van der Waals surface area contributed by atoms with E-state index in [1.807, 2.05) is 20.8 Å². The zero-order chi connectivity index (χ0) is 8.48. The largest absolute Gasteiger partial charge is 0.447 e. The third-order valence-corrected chi connectivity index (χ3v) is 1.75. The van der Waals surface area contributed by atoms with E-state index in [0.29, 0.717) is 0 Å². The van der Waals surface area contributed by atoms with Crippen LogP contribution < -0.4 is 5.32 Å². The first-order valence-electron chi connectivity index (χ1n) is 4.01. The second kappa shape index (κ2) is 2.72. The van der Waals surface area contributed by atoms with Crippen LogP contribution in [0, 0.1) is 0 Å². The van der Waals surface area contributed by atoms with Gasteiger partial charge in [-0.2, -0.15) is 0 Å². The van der Waals surface area contributed by atoms with E-state index >= 15 is 0 Å². The SMILES string of the molecule is CC(C)OC(=O)NC1(C)CC1. The van der Waals surface area contributed by atoms with Gasteiger partial charge < -0.3 is 10.1 Å². The third kappa shape index (κ3) is 2.78. The first-order valence-corrected chi connectivity index (χ1v) is 4.01. The quantitative estimate of drug-likeness (QED) is 0.662. The summed E-state index contributed by atoms with van der Waals surface area (Å²) in [6.45, 7) is 5.71. The van der Waals surface area contributed by atoms with Crippen molar-refractivity contribution >= 4 is 6.09 Å². The summed E-state index contributed by atoms with van der Waals surface area (Å²) in [7, 11) is 0. The van der Waals surface area contributed by atoms with Crippen molar-refractivity contribution in [2.75, 3.05) is 0 Å². The maximum atomic E-state index is 11.0. The van der Waals surface area contributed by atoms with Crippen molar-refractivity contribution < 1.29 is 9.53 Å². The van der Waals surface area contributed by atoms with Crippen LogP contribution >= 0.6 is 0 Å². The number of ether oxygens (including phenoxy) is 1. The van der Waals surface area contributed by atoms with E-state index in [1.54, 1.807) is 0 Å². The fourth-order valence-electron chi connectivity index (χ4n) is 0.802. The minimum absolute atomic E-state index is 0.0302. The molecule has 11 heavy (non-hydrogen) atoms. The normalized spacial score (nSPS) is 19.6. The second-order valence-electron chi connectivity index (χ2n) is 3.64. The Morgan fingerprint density at radius 1 is 1.55 bits per heavy atom. The summed E-state index contributed by atoms with van der Waals surface area (Å²) in [6.07, 6.45) is 1.82. The molecule has 0 heterocycles. The number of nitrogens with one attached hydrogen (secondary N) is 1. The predicted octanol–water partition coefficient (Wildman–Crippen LogP) is 1.67. The van der Waals surface area contributed by atoms with E-state index in [4.69, 9.17) is 4.74 Å². The lowest BCUT2D eigenvalue weighted by Gasteiger charge is -2.13. The van der Waals surface area contributed by atoms with Crippen LogP contribution in [0.4, 0.5) is 4.79 Å². The summed E-state index contributed by atoms with van der Waals surface area (Å²) in [4.78, 5) is 11.0. The topological polar surface area (TPSA) is 38.3 Å². The summed E-state index contributed by atoms with van der Waals surface area (Å²) in [5.41, 5.74) is 0.0337. The summed E-state index contributed by atoms with van der Waals surface area (Å²) >= 11 is 0. The lowest BCUT2D eigenvalue weighted by Crippen LogP contribution is -2.35. The molecule has 0 radical (unpaired) electrons. The summed E-state index contributed by atoms with van der Waals surface area (Å²) in [5, 5.41) is 2.80. The maximum Gasteiger partial charge on any atom is 0.407 e. The van der Waals surface area contributed by atoms with Crippen LogP contribution in [-0.2, 0) is 4.74 Å². The minimum atomic E-state index is -0.292. The van der Waals surface area contributed by atoms with Crippen LogP contribution in [0.2, 0.25) is 0 Å². The standard InChI is InChI=1S/C8H15NO2/c1-6(2)11-7(10)9-8(3)4-5-8/h6H,4-5H2,1-3H3,(H,9,10). The van der Waals surface area contributed by atoms with Crippen LogP contribution in [0.3, 0.4) is 0 Å². The predicted molar refractivity (Wildman–Crippen MR) is 42.4 cm³/mol. The molecule has 64 valence electrons. The third-order valence-electron chi connectivity index (χ3n) is 1.75.